The largest absolute Gasteiger partial charge is 0.497 e. The summed E-state index contributed by atoms with van der Waals surface area (Å²) in [6.07, 6.45) is 1.63. The van der Waals surface area contributed by atoms with Crippen LogP contribution in [0.3, 0.4) is 0 Å². The minimum Gasteiger partial charge on any atom is -0.497 e. The fourth-order valence-electron chi connectivity index (χ4n) is 3.15. The van der Waals surface area contributed by atoms with Crippen molar-refractivity contribution in [2.75, 3.05) is 7.11 Å². The molecule has 0 aliphatic heterocycles. The SMILES string of the molecule is COc1ccc(-c2nnc(SC(C)c3cccc([N+](=O)[O-])c3)n2Cc2ccco2)cc1. The smallest absolute Gasteiger partial charge is 0.269 e. The number of aromatic nitrogens is 3. The Kier molecular flexibility index (Phi) is 6.03. The fraction of sp³-hybridized carbons (Fsp3) is 0.182. The number of nitrogens with zero attached hydrogens (tertiary/aromatic N) is 4. The van der Waals surface area contributed by atoms with Gasteiger partial charge in [0.2, 0.25) is 0 Å². The molecule has 2 heterocycles. The van der Waals surface area contributed by atoms with Crippen LogP contribution in [0.4, 0.5) is 5.69 Å². The van der Waals surface area contributed by atoms with Crippen LogP contribution in [0.5, 0.6) is 5.75 Å². The Morgan fingerprint density at radius 3 is 2.65 bits per heavy atom. The van der Waals surface area contributed by atoms with E-state index >= 15 is 0 Å². The van der Waals surface area contributed by atoms with Crippen LogP contribution in [-0.4, -0.2) is 26.8 Å². The highest BCUT2D eigenvalue weighted by Gasteiger charge is 2.20. The first-order valence-corrected chi connectivity index (χ1v) is 10.4. The summed E-state index contributed by atoms with van der Waals surface area (Å²) in [7, 11) is 1.62. The van der Waals surface area contributed by atoms with Gasteiger partial charge in [0.25, 0.3) is 5.69 Å². The van der Waals surface area contributed by atoms with E-state index in [0.717, 1.165) is 22.6 Å². The number of thioether (sulfide) groups is 1. The van der Waals surface area contributed by atoms with E-state index in [1.54, 1.807) is 25.5 Å². The van der Waals surface area contributed by atoms with Crippen molar-refractivity contribution in [1.29, 1.82) is 0 Å². The van der Waals surface area contributed by atoms with Crippen LogP contribution in [0.2, 0.25) is 0 Å². The molecule has 4 rings (SSSR count). The minimum absolute atomic E-state index is 0.0665. The molecule has 0 bridgehead atoms. The molecule has 158 valence electrons. The third kappa shape index (κ3) is 4.61. The maximum atomic E-state index is 11.1. The van der Waals surface area contributed by atoms with Gasteiger partial charge in [-0.25, -0.2) is 0 Å². The first-order chi connectivity index (χ1) is 15.0. The van der Waals surface area contributed by atoms with Crippen molar-refractivity contribution >= 4 is 17.4 Å². The van der Waals surface area contributed by atoms with E-state index in [2.05, 4.69) is 10.2 Å². The average molecular weight is 436 g/mol. The maximum Gasteiger partial charge on any atom is 0.269 e. The topological polar surface area (TPSA) is 96.2 Å². The molecule has 0 amide bonds. The summed E-state index contributed by atoms with van der Waals surface area (Å²) in [6, 6.07) is 18.0. The first-order valence-electron chi connectivity index (χ1n) is 9.56. The van der Waals surface area contributed by atoms with Gasteiger partial charge in [0, 0.05) is 22.9 Å². The second-order valence-electron chi connectivity index (χ2n) is 6.81. The van der Waals surface area contributed by atoms with E-state index in [0.29, 0.717) is 17.5 Å². The highest BCUT2D eigenvalue weighted by atomic mass is 32.2. The van der Waals surface area contributed by atoms with Gasteiger partial charge in [0.05, 0.1) is 24.8 Å². The summed E-state index contributed by atoms with van der Waals surface area (Å²) < 4.78 is 12.8. The Hall–Kier alpha value is -3.59. The zero-order valence-corrected chi connectivity index (χ0v) is 17.8. The van der Waals surface area contributed by atoms with Gasteiger partial charge < -0.3 is 9.15 Å². The molecule has 0 radical (unpaired) electrons. The van der Waals surface area contributed by atoms with Gasteiger partial charge in [-0.15, -0.1) is 10.2 Å². The monoisotopic (exact) mass is 436 g/mol. The number of methoxy groups -OCH3 is 1. The van der Waals surface area contributed by atoms with E-state index in [9.17, 15) is 10.1 Å². The molecule has 0 fully saturated rings. The van der Waals surface area contributed by atoms with Gasteiger partial charge >= 0.3 is 0 Å². The third-order valence-electron chi connectivity index (χ3n) is 4.79. The zero-order chi connectivity index (χ0) is 21.8. The summed E-state index contributed by atoms with van der Waals surface area (Å²) in [5.41, 5.74) is 1.81. The Morgan fingerprint density at radius 2 is 1.97 bits per heavy atom. The van der Waals surface area contributed by atoms with Crippen molar-refractivity contribution in [3.05, 3.63) is 88.4 Å². The van der Waals surface area contributed by atoms with Crippen LogP contribution < -0.4 is 4.74 Å². The molecule has 2 aromatic heterocycles. The number of hydrogen-bond donors (Lipinski definition) is 0. The molecule has 0 aliphatic carbocycles. The van der Waals surface area contributed by atoms with E-state index < -0.39 is 0 Å². The molecule has 1 unspecified atom stereocenters. The van der Waals surface area contributed by atoms with Crippen LogP contribution in [-0.2, 0) is 6.54 Å². The fourth-order valence-corrected chi connectivity index (χ4v) is 4.11. The van der Waals surface area contributed by atoms with Crippen molar-refractivity contribution in [2.24, 2.45) is 0 Å². The molecule has 2 aromatic carbocycles. The second-order valence-corrected chi connectivity index (χ2v) is 8.12. The molecule has 8 nitrogen and oxygen atoms in total. The normalized spacial score (nSPS) is 11.9. The van der Waals surface area contributed by atoms with Crippen molar-refractivity contribution < 1.29 is 14.1 Å². The quantitative estimate of drug-likeness (QED) is 0.208. The number of nitro benzene ring substituents is 1. The molecular weight excluding hydrogens is 416 g/mol. The van der Waals surface area contributed by atoms with E-state index in [1.807, 2.05) is 54.0 Å². The van der Waals surface area contributed by atoms with Gasteiger partial charge in [-0.3, -0.25) is 14.7 Å². The van der Waals surface area contributed by atoms with E-state index in [1.165, 1.54) is 17.8 Å². The number of furan rings is 1. The molecule has 0 saturated heterocycles. The lowest BCUT2D eigenvalue weighted by Crippen LogP contribution is -2.04. The second kappa shape index (κ2) is 9.05. The predicted octanol–water partition coefficient (Wildman–Crippen LogP) is 5.36. The standard InChI is InChI=1S/C22H20N4O4S/c1-15(17-5-3-6-18(13-17)26(27)28)31-22-24-23-21(16-8-10-19(29-2)11-9-16)25(22)14-20-7-4-12-30-20/h3-13,15H,14H2,1-2H3. The highest BCUT2D eigenvalue weighted by molar-refractivity contribution is 7.99. The maximum absolute atomic E-state index is 11.1. The minimum atomic E-state index is -0.387. The van der Waals surface area contributed by atoms with Crippen molar-refractivity contribution in [2.45, 2.75) is 23.9 Å². The van der Waals surface area contributed by atoms with Gasteiger partial charge in [0.1, 0.15) is 11.5 Å². The molecule has 31 heavy (non-hydrogen) atoms. The Balaban J connectivity index is 1.67. The van der Waals surface area contributed by atoms with Gasteiger partial charge in [-0.1, -0.05) is 23.9 Å². The van der Waals surface area contributed by atoms with E-state index in [4.69, 9.17) is 9.15 Å². The van der Waals surface area contributed by atoms with Crippen LogP contribution in [0, 0.1) is 10.1 Å². The molecule has 1 atom stereocenters. The Bertz CT molecular complexity index is 1170. The summed E-state index contributed by atoms with van der Waals surface area (Å²) >= 11 is 1.49. The van der Waals surface area contributed by atoms with Gasteiger partial charge in [0.15, 0.2) is 11.0 Å². The summed E-state index contributed by atoms with van der Waals surface area (Å²) in [4.78, 5) is 10.7. The summed E-state index contributed by atoms with van der Waals surface area (Å²) in [5, 5.41) is 20.6. The zero-order valence-electron chi connectivity index (χ0n) is 17.0. The van der Waals surface area contributed by atoms with E-state index in [-0.39, 0.29) is 15.9 Å². The van der Waals surface area contributed by atoms with Crippen molar-refractivity contribution in [1.82, 2.24) is 14.8 Å². The molecule has 0 N–H and O–H groups in total. The molecule has 0 aliphatic rings. The van der Waals surface area contributed by atoms with Crippen LogP contribution in [0.1, 0.15) is 23.5 Å². The third-order valence-corrected chi connectivity index (χ3v) is 5.93. The lowest BCUT2D eigenvalue weighted by molar-refractivity contribution is -0.384. The lowest BCUT2D eigenvalue weighted by Gasteiger charge is -2.13. The van der Waals surface area contributed by atoms with Gasteiger partial charge in [-0.05, 0) is 48.9 Å². The van der Waals surface area contributed by atoms with Crippen LogP contribution in [0.25, 0.3) is 11.4 Å². The lowest BCUT2D eigenvalue weighted by atomic mass is 10.1. The highest BCUT2D eigenvalue weighted by Crippen LogP contribution is 2.37. The molecule has 0 saturated carbocycles. The number of non-ortho nitro benzene ring substituents is 1. The van der Waals surface area contributed by atoms with Crippen molar-refractivity contribution in [3.8, 4) is 17.1 Å². The Labute approximate surface area is 183 Å². The molecule has 9 heteroatoms. The molecule has 0 spiro atoms. The number of benzene rings is 2. The number of rotatable bonds is 8. The number of nitro groups is 1. The van der Waals surface area contributed by atoms with Gasteiger partial charge in [-0.2, -0.15) is 0 Å². The first kappa shape index (κ1) is 20.7. The van der Waals surface area contributed by atoms with Crippen molar-refractivity contribution in [3.63, 3.8) is 0 Å². The number of hydrogen-bond acceptors (Lipinski definition) is 7. The number of ether oxygens (including phenoxy) is 1. The van der Waals surface area contributed by atoms with Crippen LogP contribution >= 0.6 is 11.8 Å². The average Bonchev–Trinajstić information content (AvgIpc) is 3.45. The summed E-state index contributed by atoms with van der Waals surface area (Å²) in [5.74, 6) is 2.24. The Morgan fingerprint density at radius 1 is 1.16 bits per heavy atom. The summed E-state index contributed by atoms with van der Waals surface area (Å²) in [6.45, 7) is 2.45. The molecular formula is C22H20N4O4S. The predicted molar refractivity (Wildman–Crippen MR) is 117 cm³/mol. The van der Waals surface area contributed by atoms with Crippen LogP contribution in [0.15, 0.2) is 76.5 Å². The molecule has 4 aromatic rings.